The molecule has 1 N–H and O–H groups in total. The fourth-order valence-corrected chi connectivity index (χ4v) is 3.01. The molecule has 0 radical (unpaired) electrons. The van der Waals surface area contributed by atoms with Crippen molar-refractivity contribution in [2.75, 3.05) is 13.1 Å². The molecule has 0 amide bonds. The molecule has 2 unspecified atom stereocenters. The first kappa shape index (κ1) is 15.2. The molecule has 20 heavy (non-hydrogen) atoms. The Morgan fingerprint density at radius 3 is 2.80 bits per heavy atom. The van der Waals surface area contributed by atoms with E-state index in [9.17, 15) is 4.79 Å². The van der Waals surface area contributed by atoms with Crippen LogP contribution in [0.3, 0.4) is 0 Å². The molecule has 1 aliphatic rings. The Morgan fingerprint density at radius 1 is 1.50 bits per heavy atom. The molecule has 0 bridgehead atoms. The zero-order valence-corrected chi connectivity index (χ0v) is 13.1. The van der Waals surface area contributed by atoms with Crippen molar-refractivity contribution in [3.05, 3.63) is 18.0 Å². The SMILES string of the molecule is CCC(C)n1ccc(CC(=O)C2(C(C)C)CCNC2)n1. The maximum absolute atomic E-state index is 12.7. The minimum atomic E-state index is -0.194. The van der Waals surface area contributed by atoms with Gasteiger partial charge >= 0.3 is 0 Å². The fourth-order valence-electron chi connectivity index (χ4n) is 3.01. The zero-order valence-electron chi connectivity index (χ0n) is 13.1. The fraction of sp³-hybridized carbons (Fsp3) is 0.750. The second-order valence-electron chi connectivity index (χ2n) is 6.38. The molecule has 1 aromatic heterocycles. The van der Waals surface area contributed by atoms with Crippen LogP contribution in [0.5, 0.6) is 0 Å². The number of nitrogens with zero attached hydrogens (tertiary/aromatic N) is 2. The van der Waals surface area contributed by atoms with Crippen molar-refractivity contribution >= 4 is 5.78 Å². The van der Waals surface area contributed by atoms with E-state index >= 15 is 0 Å². The average molecular weight is 277 g/mol. The summed E-state index contributed by atoms with van der Waals surface area (Å²) in [7, 11) is 0. The van der Waals surface area contributed by atoms with E-state index in [1.54, 1.807) is 0 Å². The number of nitrogens with one attached hydrogen (secondary N) is 1. The Labute approximate surface area is 121 Å². The number of hydrogen-bond donors (Lipinski definition) is 1. The van der Waals surface area contributed by atoms with Gasteiger partial charge in [-0.3, -0.25) is 9.48 Å². The molecule has 2 atom stereocenters. The van der Waals surface area contributed by atoms with Gasteiger partial charge in [0.1, 0.15) is 5.78 Å². The van der Waals surface area contributed by atoms with Crippen molar-refractivity contribution in [2.24, 2.45) is 11.3 Å². The highest BCUT2D eigenvalue weighted by molar-refractivity contribution is 5.87. The lowest BCUT2D eigenvalue weighted by molar-refractivity contribution is -0.129. The molecule has 1 fully saturated rings. The van der Waals surface area contributed by atoms with Gasteiger partial charge in [-0.2, -0.15) is 5.10 Å². The summed E-state index contributed by atoms with van der Waals surface area (Å²) < 4.78 is 1.97. The molecule has 0 aliphatic carbocycles. The summed E-state index contributed by atoms with van der Waals surface area (Å²) in [6.07, 6.45) is 4.46. The van der Waals surface area contributed by atoms with Crippen LogP contribution >= 0.6 is 0 Å². The van der Waals surface area contributed by atoms with Gasteiger partial charge < -0.3 is 5.32 Å². The predicted octanol–water partition coefficient (Wildman–Crippen LogP) is 2.60. The molecule has 0 aromatic carbocycles. The largest absolute Gasteiger partial charge is 0.316 e. The second-order valence-corrected chi connectivity index (χ2v) is 6.38. The van der Waals surface area contributed by atoms with E-state index in [-0.39, 0.29) is 5.41 Å². The summed E-state index contributed by atoms with van der Waals surface area (Å²) >= 11 is 0. The topological polar surface area (TPSA) is 46.9 Å². The third-order valence-corrected chi connectivity index (χ3v) is 4.90. The molecule has 1 aromatic rings. The van der Waals surface area contributed by atoms with Crippen molar-refractivity contribution in [1.29, 1.82) is 0 Å². The van der Waals surface area contributed by atoms with E-state index < -0.39 is 0 Å². The summed E-state index contributed by atoms with van der Waals surface area (Å²) in [4.78, 5) is 12.7. The van der Waals surface area contributed by atoms with Crippen LogP contribution in [0.2, 0.25) is 0 Å². The predicted molar refractivity (Wildman–Crippen MR) is 80.7 cm³/mol. The van der Waals surface area contributed by atoms with Crippen LogP contribution in [0.1, 0.15) is 52.3 Å². The standard InChI is InChI=1S/C16H27N3O/c1-5-13(4)19-9-6-14(18-19)10-15(20)16(12(2)3)7-8-17-11-16/h6,9,12-13,17H,5,7-8,10-11H2,1-4H3. The van der Waals surface area contributed by atoms with Gasteiger partial charge in [0.15, 0.2) is 0 Å². The van der Waals surface area contributed by atoms with E-state index in [0.717, 1.165) is 31.6 Å². The van der Waals surface area contributed by atoms with Gasteiger partial charge in [0.05, 0.1) is 12.1 Å². The first-order chi connectivity index (χ1) is 9.49. The Kier molecular flexibility index (Phi) is 4.63. The van der Waals surface area contributed by atoms with E-state index in [1.165, 1.54) is 0 Å². The molecule has 1 saturated heterocycles. The van der Waals surface area contributed by atoms with E-state index in [4.69, 9.17) is 0 Å². The lowest BCUT2D eigenvalue weighted by Gasteiger charge is -2.30. The molecular weight excluding hydrogens is 250 g/mol. The third kappa shape index (κ3) is 2.80. The van der Waals surface area contributed by atoms with Crippen molar-refractivity contribution in [1.82, 2.24) is 15.1 Å². The molecule has 2 heterocycles. The van der Waals surface area contributed by atoms with Gasteiger partial charge in [-0.1, -0.05) is 20.8 Å². The van der Waals surface area contributed by atoms with Crippen LogP contribution in [0.4, 0.5) is 0 Å². The lowest BCUT2D eigenvalue weighted by atomic mass is 9.72. The van der Waals surface area contributed by atoms with Crippen LogP contribution in [-0.2, 0) is 11.2 Å². The van der Waals surface area contributed by atoms with Gasteiger partial charge in [0, 0.05) is 24.2 Å². The van der Waals surface area contributed by atoms with Gasteiger partial charge in [-0.05, 0) is 38.3 Å². The third-order valence-electron chi connectivity index (χ3n) is 4.90. The highest BCUT2D eigenvalue weighted by Gasteiger charge is 2.43. The Hall–Kier alpha value is -1.16. The zero-order chi connectivity index (χ0) is 14.8. The molecule has 2 rings (SSSR count). The Morgan fingerprint density at radius 2 is 2.25 bits per heavy atom. The highest BCUT2D eigenvalue weighted by atomic mass is 16.1. The van der Waals surface area contributed by atoms with Crippen LogP contribution < -0.4 is 5.32 Å². The van der Waals surface area contributed by atoms with Crippen LogP contribution in [-0.4, -0.2) is 28.7 Å². The molecular formula is C16H27N3O. The summed E-state index contributed by atoms with van der Waals surface area (Å²) in [5.74, 6) is 0.716. The van der Waals surface area contributed by atoms with Gasteiger partial charge in [0.25, 0.3) is 0 Å². The summed E-state index contributed by atoms with van der Waals surface area (Å²) in [6, 6.07) is 2.38. The highest BCUT2D eigenvalue weighted by Crippen LogP contribution is 2.36. The summed E-state index contributed by atoms with van der Waals surface area (Å²) in [5.41, 5.74) is 0.711. The minimum absolute atomic E-state index is 0.194. The maximum atomic E-state index is 12.7. The van der Waals surface area contributed by atoms with Gasteiger partial charge in [0.2, 0.25) is 0 Å². The monoisotopic (exact) mass is 277 g/mol. The Balaban J connectivity index is 2.09. The van der Waals surface area contributed by atoms with Crippen molar-refractivity contribution < 1.29 is 4.79 Å². The normalized spacial score (nSPS) is 24.2. The maximum Gasteiger partial charge on any atom is 0.146 e. The lowest BCUT2D eigenvalue weighted by Crippen LogP contribution is -2.39. The quantitative estimate of drug-likeness (QED) is 0.869. The first-order valence-corrected chi connectivity index (χ1v) is 7.77. The Bertz CT molecular complexity index is 458. The number of Topliss-reactive ketones (excluding diaryl/α,β-unsaturated/α-hetero) is 1. The molecule has 0 saturated carbocycles. The van der Waals surface area contributed by atoms with Gasteiger partial charge in [-0.25, -0.2) is 0 Å². The smallest absolute Gasteiger partial charge is 0.146 e. The summed E-state index contributed by atoms with van der Waals surface area (Å²) in [6.45, 7) is 10.4. The van der Waals surface area contributed by atoms with Crippen molar-refractivity contribution in [3.63, 3.8) is 0 Å². The molecule has 4 heteroatoms. The molecule has 4 nitrogen and oxygen atoms in total. The molecule has 0 spiro atoms. The number of ketones is 1. The minimum Gasteiger partial charge on any atom is -0.316 e. The van der Waals surface area contributed by atoms with E-state index in [2.05, 4.69) is 38.1 Å². The molecule has 112 valence electrons. The summed E-state index contributed by atoms with van der Waals surface area (Å²) in [5, 5.41) is 7.91. The van der Waals surface area contributed by atoms with Gasteiger partial charge in [-0.15, -0.1) is 0 Å². The average Bonchev–Trinajstić information content (AvgIpc) is 3.07. The number of carbonyl (C=O) groups is 1. The van der Waals surface area contributed by atoms with E-state index in [1.807, 2.05) is 16.9 Å². The van der Waals surface area contributed by atoms with E-state index in [0.29, 0.717) is 24.2 Å². The number of aromatic nitrogens is 2. The number of rotatable bonds is 6. The molecule has 1 aliphatic heterocycles. The van der Waals surface area contributed by atoms with Crippen molar-refractivity contribution in [2.45, 2.75) is 53.0 Å². The first-order valence-electron chi connectivity index (χ1n) is 7.77. The number of hydrogen-bond acceptors (Lipinski definition) is 3. The van der Waals surface area contributed by atoms with Crippen LogP contribution in [0.25, 0.3) is 0 Å². The van der Waals surface area contributed by atoms with Crippen LogP contribution in [0, 0.1) is 11.3 Å². The van der Waals surface area contributed by atoms with Crippen LogP contribution in [0.15, 0.2) is 12.3 Å². The number of carbonyl (C=O) groups excluding carboxylic acids is 1. The van der Waals surface area contributed by atoms with Crippen molar-refractivity contribution in [3.8, 4) is 0 Å². The second kappa shape index (κ2) is 6.08.